The minimum atomic E-state index is 0.636. The van der Waals surface area contributed by atoms with Crippen LogP contribution in [0.4, 0.5) is 0 Å². The summed E-state index contributed by atoms with van der Waals surface area (Å²) in [5.41, 5.74) is 2.09. The van der Waals surface area contributed by atoms with Gasteiger partial charge < -0.3 is 5.32 Å². The van der Waals surface area contributed by atoms with E-state index >= 15 is 0 Å². The standard InChI is InChI=1S/C14H19BrN4S/c1-20-12-4-2-3-10(5-12)16-6-11-7-18-14-8-17-13(15)9-19(11)14/h7-10,12,16H,2-6H2,1H3. The molecule has 4 nitrogen and oxygen atoms in total. The molecule has 108 valence electrons. The molecule has 2 atom stereocenters. The fourth-order valence-electron chi connectivity index (χ4n) is 2.84. The Hall–Kier alpha value is -0.590. The maximum Gasteiger partial charge on any atom is 0.155 e. The van der Waals surface area contributed by atoms with Crippen LogP contribution < -0.4 is 5.32 Å². The van der Waals surface area contributed by atoms with Gasteiger partial charge in [0.05, 0.1) is 18.1 Å². The van der Waals surface area contributed by atoms with Gasteiger partial charge in [0, 0.05) is 24.0 Å². The van der Waals surface area contributed by atoms with Crippen LogP contribution in [0.1, 0.15) is 31.4 Å². The van der Waals surface area contributed by atoms with Gasteiger partial charge in [-0.05, 0) is 41.4 Å². The average molecular weight is 355 g/mol. The van der Waals surface area contributed by atoms with E-state index in [-0.39, 0.29) is 0 Å². The van der Waals surface area contributed by atoms with Gasteiger partial charge in [0.1, 0.15) is 4.60 Å². The lowest BCUT2D eigenvalue weighted by molar-refractivity contribution is 0.378. The number of fused-ring (bicyclic) bond motifs is 1. The van der Waals surface area contributed by atoms with Crippen LogP contribution in [-0.4, -0.2) is 31.9 Å². The first-order valence-electron chi connectivity index (χ1n) is 7.00. The topological polar surface area (TPSA) is 42.2 Å². The van der Waals surface area contributed by atoms with Gasteiger partial charge in [-0.25, -0.2) is 9.97 Å². The number of hydrogen-bond donors (Lipinski definition) is 1. The monoisotopic (exact) mass is 354 g/mol. The highest BCUT2D eigenvalue weighted by atomic mass is 79.9. The summed E-state index contributed by atoms with van der Waals surface area (Å²) < 4.78 is 2.93. The quantitative estimate of drug-likeness (QED) is 0.914. The summed E-state index contributed by atoms with van der Waals surface area (Å²) in [6.45, 7) is 0.864. The van der Waals surface area contributed by atoms with E-state index < -0.39 is 0 Å². The largest absolute Gasteiger partial charge is 0.308 e. The molecule has 2 aromatic heterocycles. The molecule has 0 bridgehead atoms. The van der Waals surface area contributed by atoms with E-state index in [9.17, 15) is 0 Å². The highest BCUT2D eigenvalue weighted by Gasteiger charge is 2.21. The number of nitrogens with one attached hydrogen (secondary N) is 1. The number of halogens is 1. The molecule has 0 spiro atoms. The summed E-state index contributed by atoms with van der Waals surface area (Å²) >= 11 is 5.42. The van der Waals surface area contributed by atoms with E-state index in [4.69, 9.17) is 0 Å². The third kappa shape index (κ3) is 3.18. The number of aromatic nitrogens is 3. The van der Waals surface area contributed by atoms with E-state index in [1.807, 2.05) is 24.2 Å². The van der Waals surface area contributed by atoms with Crippen molar-refractivity contribution in [2.24, 2.45) is 0 Å². The Kier molecular flexibility index (Phi) is 4.63. The Balaban J connectivity index is 1.66. The van der Waals surface area contributed by atoms with Crippen molar-refractivity contribution in [2.75, 3.05) is 6.26 Å². The minimum absolute atomic E-state index is 0.636. The van der Waals surface area contributed by atoms with Crippen molar-refractivity contribution in [3.05, 3.63) is 28.9 Å². The number of imidazole rings is 1. The van der Waals surface area contributed by atoms with Crippen molar-refractivity contribution in [3.8, 4) is 0 Å². The van der Waals surface area contributed by atoms with Crippen molar-refractivity contribution in [1.29, 1.82) is 0 Å². The molecule has 3 rings (SSSR count). The molecule has 20 heavy (non-hydrogen) atoms. The molecule has 1 aliphatic rings. The Morgan fingerprint density at radius 3 is 3.15 bits per heavy atom. The second-order valence-electron chi connectivity index (χ2n) is 5.29. The third-order valence-electron chi connectivity index (χ3n) is 3.97. The van der Waals surface area contributed by atoms with E-state index in [0.29, 0.717) is 6.04 Å². The van der Waals surface area contributed by atoms with Crippen LogP contribution in [0.2, 0.25) is 0 Å². The van der Waals surface area contributed by atoms with Crippen molar-refractivity contribution in [3.63, 3.8) is 0 Å². The maximum atomic E-state index is 4.39. The molecule has 0 radical (unpaired) electrons. The fraction of sp³-hybridized carbons (Fsp3) is 0.571. The molecule has 6 heteroatoms. The molecule has 0 saturated heterocycles. The number of nitrogens with zero attached hydrogens (tertiary/aromatic N) is 3. The predicted octanol–water partition coefficient (Wildman–Crippen LogP) is 3.26. The van der Waals surface area contributed by atoms with Crippen LogP contribution in [0.25, 0.3) is 5.65 Å². The molecular formula is C14H19BrN4S. The molecule has 2 aromatic rings. The Labute approximate surface area is 131 Å². The smallest absolute Gasteiger partial charge is 0.155 e. The van der Waals surface area contributed by atoms with Crippen molar-refractivity contribution in [2.45, 2.75) is 43.5 Å². The number of thioether (sulfide) groups is 1. The highest BCUT2D eigenvalue weighted by Crippen LogP contribution is 2.27. The summed E-state index contributed by atoms with van der Waals surface area (Å²) in [5.74, 6) is 0. The lowest BCUT2D eigenvalue weighted by Gasteiger charge is -2.28. The second-order valence-corrected chi connectivity index (χ2v) is 7.24. The molecule has 1 aliphatic carbocycles. The molecule has 1 fully saturated rings. The third-order valence-corrected chi connectivity index (χ3v) is 5.48. The van der Waals surface area contributed by atoms with E-state index in [1.165, 1.54) is 31.4 Å². The summed E-state index contributed by atoms with van der Waals surface area (Å²) in [4.78, 5) is 8.59. The number of rotatable bonds is 4. The molecule has 0 aromatic carbocycles. The molecule has 1 saturated carbocycles. The zero-order valence-corrected chi connectivity index (χ0v) is 14.0. The van der Waals surface area contributed by atoms with Crippen LogP contribution >= 0.6 is 27.7 Å². The fourth-order valence-corrected chi connectivity index (χ4v) is 3.97. The zero-order chi connectivity index (χ0) is 13.9. The van der Waals surface area contributed by atoms with Crippen LogP contribution in [0, 0.1) is 0 Å². The summed E-state index contributed by atoms with van der Waals surface area (Å²) in [6.07, 6.45) is 13.2. The predicted molar refractivity (Wildman–Crippen MR) is 87.1 cm³/mol. The Morgan fingerprint density at radius 1 is 1.40 bits per heavy atom. The maximum absolute atomic E-state index is 4.39. The molecule has 0 amide bonds. The average Bonchev–Trinajstić information content (AvgIpc) is 2.87. The molecular weight excluding hydrogens is 336 g/mol. The van der Waals surface area contributed by atoms with E-state index in [0.717, 1.165) is 22.0 Å². The van der Waals surface area contributed by atoms with Gasteiger partial charge >= 0.3 is 0 Å². The van der Waals surface area contributed by atoms with Gasteiger partial charge in [-0.2, -0.15) is 11.8 Å². The van der Waals surface area contributed by atoms with E-state index in [2.05, 4.69) is 41.9 Å². The first kappa shape index (κ1) is 14.4. The van der Waals surface area contributed by atoms with Crippen LogP contribution in [0.15, 0.2) is 23.2 Å². The first-order chi connectivity index (χ1) is 9.76. The summed E-state index contributed by atoms with van der Waals surface area (Å²) in [5, 5.41) is 4.51. The van der Waals surface area contributed by atoms with Gasteiger partial charge in [0.25, 0.3) is 0 Å². The lowest BCUT2D eigenvalue weighted by atomic mass is 9.95. The SMILES string of the molecule is CSC1CCCC(NCc2cnc3cnc(Br)cn23)C1. The first-order valence-corrected chi connectivity index (χ1v) is 9.08. The van der Waals surface area contributed by atoms with Gasteiger partial charge in [-0.15, -0.1) is 0 Å². The second kappa shape index (κ2) is 6.45. The number of hydrogen-bond acceptors (Lipinski definition) is 4. The molecule has 0 aliphatic heterocycles. The van der Waals surface area contributed by atoms with Crippen molar-refractivity contribution in [1.82, 2.24) is 19.7 Å². The van der Waals surface area contributed by atoms with Gasteiger partial charge in [0.15, 0.2) is 5.65 Å². The summed E-state index contributed by atoms with van der Waals surface area (Å²) in [7, 11) is 0. The van der Waals surface area contributed by atoms with Crippen molar-refractivity contribution >= 4 is 33.3 Å². The normalized spacial score (nSPS) is 23.3. The minimum Gasteiger partial charge on any atom is -0.308 e. The van der Waals surface area contributed by atoms with Crippen LogP contribution in [-0.2, 0) is 6.54 Å². The van der Waals surface area contributed by atoms with Crippen LogP contribution in [0.5, 0.6) is 0 Å². The van der Waals surface area contributed by atoms with Gasteiger partial charge in [-0.1, -0.05) is 6.42 Å². The van der Waals surface area contributed by atoms with Crippen molar-refractivity contribution < 1.29 is 0 Å². The molecule has 2 heterocycles. The Bertz CT molecular complexity index is 586. The zero-order valence-electron chi connectivity index (χ0n) is 11.6. The van der Waals surface area contributed by atoms with Gasteiger partial charge in [0.2, 0.25) is 0 Å². The molecule has 2 unspecified atom stereocenters. The van der Waals surface area contributed by atoms with Gasteiger partial charge in [-0.3, -0.25) is 4.40 Å². The molecule has 1 N–H and O–H groups in total. The Morgan fingerprint density at radius 2 is 2.30 bits per heavy atom. The highest BCUT2D eigenvalue weighted by molar-refractivity contribution is 9.10. The summed E-state index contributed by atoms with van der Waals surface area (Å²) in [6, 6.07) is 0.636. The van der Waals surface area contributed by atoms with Crippen LogP contribution in [0.3, 0.4) is 0 Å². The lowest BCUT2D eigenvalue weighted by Crippen LogP contribution is -2.34. The van der Waals surface area contributed by atoms with E-state index in [1.54, 1.807) is 6.20 Å².